The number of nitrogen functional groups attached to an aromatic ring is 1. The summed E-state index contributed by atoms with van der Waals surface area (Å²) in [5.41, 5.74) is 7.14. The number of carbonyl (C=O) groups is 1. The summed E-state index contributed by atoms with van der Waals surface area (Å²) in [6.07, 6.45) is 1.43. The van der Waals surface area contributed by atoms with Gasteiger partial charge in [0.25, 0.3) is 0 Å². The van der Waals surface area contributed by atoms with Crippen LogP contribution in [0, 0.1) is 0 Å². The van der Waals surface area contributed by atoms with Crippen LogP contribution in [0.15, 0.2) is 28.9 Å². The first-order chi connectivity index (χ1) is 7.58. The van der Waals surface area contributed by atoms with E-state index in [-0.39, 0.29) is 5.78 Å². The van der Waals surface area contributed by atoms with Gasteiger partial charge >= 0.3 is 0 Å². The Morgan fingerprint density at radius 2 is 2.19 bits per heavy atom. The van der Waals surface area contributed by atoms with E-state index < -0.39 is 0 Å². The van der Waals surface area contributed by atoms with Crippen LogP contribution >= 0.6 is 15.9 Å². The van der Waals surface area contributed by atoms with E-state index in [0.717, 1.165) is 4.47 Å². The Labute approximate surface area is 100 Å². The number of aryl methyl sites for hydroxylation is 1. The maximum Gasteiger partial charge on any atom is 0.212 e. The number of carbonyl (C=O) groups excluding carboxylic acids is 1. The number of hydrogen-bond acceptors (Lipinski definition) is 4. The highest BCUT2D eigenvalue weighted by Gasteiger charge is 2.14. The first-order valence-corrected chi connectivity index (χ1v) is 5.32. The number of aromatic nitrogens is 3. The standard InChI is InChI=1S/C10H9BrN4O/c1-15-9(5-13-14-15)10(16)6-2-7(11)4-8(12)3-6/h2-5H,12H2,1H3. The Morgan fingerprint density at radius 3 is 2.75 bits per heavy atom. The number of halogens is 1. The predicted molar refractivity (Wildman–Crippen MR) is 63.0 cm³/mol. The van der Waals surface area contributed by atoms with Gasteiger partial charge < -0.3 is 5.73 Å². The monoisotopic (exact) mass is 280 g/mol. The van der Waals surface area contributed by atoms with Crippen molar-refractivity contribution in [1.82, 2.24) is 15.0 Å². The lowest BCUT2D eigenvalue weighted by Gasteiger charge is -2.03. The fourth-order valence-electron chi connectivity index (χ4n) is 1.39. The van der Waals surface area contributed by atoms with Crippen LogP contribution in [0.1, 0.15) is 16.1 Å². The SMILES string of the molecule is Cn1nncc1C(=O)c1cc(N)cc(Br)c1. The Hall–Kier alpha value is -1.69. The van der Waals surface area contributed by atoms with E-state index in [1.807, 2.05) is 0 Å². The maximum atomic E-state index is 12.1. The molecule has 0 unspecified atom stereocenters. The number of hydrogen-bond donors (Lipinski definition) is 1. The molecule has 0 saturated heterocycles. The smallest absolute Gasteiger partial charge is 0.212 e. The Bertz CT molecular complexity index is 529. The molecule has 1 heterocycles. The van der Waals surface area contributed by atoms with E-state index >= 15 is 0 Å². The fourth-order valence-corrected chi connectivity index (χ4v) is 1.90. The van der Waals surface area contributed by atoms with Crippen LogP contribution in [0.4, 0.5) is 5.69 Å². The first kappa shape index (κ1) is 10.8. The van der Waals surface area contributed by atoms with Gasteiger partial charge in [0.2, 0.25) is 5.78 Å². The molecule has 1 aromatic carbocycles. The molecule has 5 nitrogen and oxygen atoms in total. The van der Waals surface area contributed by atoms with Gasteiger partial charge in [0.05, 0.1) is 6.20 Å². The number of rotatable bonds is 2. The van der Waals surface area contributed by atoms with Crippen LogP contribution in [0.25, 0.3) is 0 Å². The van der Waals surface area contributed by atoms with Crippen LogP contribution in [0.3, 0.4) is 0 Å². The highest BCUT2D eigenvalue weighted by atomic mass is 79.9. The quantitative estimate of drug-likeness (QED) is 0.667. The number of anilines is 1. The van der Waals surface area contributed by atoms with Crippen molar-refractivity contribution in [2.75, 3.05) is 5.73 Å². The zero-order valence-corrected chi connectivity index (χ0v) is 10.1. The molecule has 0 aliphatic carbocycles. The van der Waals surface area contributed by atoms with Gasteiger partial charge in [-0.2, -0.15) is 0 Å². The van der Waals surface area contributed by atoms with Crippen molar-refractivity contribution < 1.29 is 4.79 Å². The molecule has 82 valence electrons. The minimum atomic E-state index is -0.152. The molecule has 6 heteroatoms. The van der Waals surface area contributed by atoms with Crippen LogP contribution in [-0.4, -0.2) is 20.8 Å². The van der Waals surface area contributed by atoms with Crippen molar-refractivity contribution >= 4 is 27.4 Å². The molecule has 0 aliphatic rings. The molecular weight excluding hydrogens is 272 g/mol. The third kappa shape index (κ3) is 1.96. The van der Waals surface area contributed by atoms with Gasteiger partial charge in [-0.05, 0) is 18.2 Å². The van der Waals surface area contributed by atoms with Crippen LogP contribution in [0.5, 0.6) is 0 Å². The maximum absolute atomic E-state index is 12.1. The van der Waals surface area contributed by atoms with Crippen molar-refractivity contribution in [1.29, 1.82) is 0 Å². The summed E-state index contributed by atoms with van der Waals surface area (Å²) in [4.78, 5) is 12.1. The molecule has 0 saturated carbocycles. The van der Waals surface area contributed by atoms with E-state index in [2.05, 4.69) is 26.2 Å². The summed E-state index contributed by atoms with van der Waals surface area (Å²) in [6.45, 7) is 0. The number of benzene rings is 1. The van der Waals surface area contributed by atoms with Crippen molar-refractivity contribution in [3.8, 4) is 0 Å². The van der Waals surface area contributed by atoms with Crippen LogP contribution in [0.2, 0.25) is 0 Å². The summed E-state index contributed by atoms with van der Waals surface area (Å²) >= 11 is 3.29. The molecule has 0 atom stereocenters. The fraction of sp³-hybridized carbons (Fsp3) is 0.100. The molecule has 0 aliphatic heterocycles. The summed E-state index contributed by atoms with van der Waals surface area (Å²) in [7, 11) is 1.67. The lowest BCUT2D eigenvalue weighted by molar-refractivity contribution is 0.103. The van der Waals surface area contributed by atoms with E-state index in [0.29, 0.717) is 16.9 Å². The average molecular weight is 281 g/mol. The van der Waals surface area contributed by atoms with Crippen molar-refractivity contribution in [2.24, 2.45) is 7.05 Å². The summed E-state index contributed by atoms with van der Waals surface area (Å²) in [5, 5.41) is 7.37. The predicted octanol–water partition coefficient (Wildman–Crippen LogP) is 1.39. The molecule has 2 N–H and O–H groups in total. The Morgan fingerprint density at radius 1 is 1.44 bits per heavy atom. The lowest BCUT2D eigenvalue weighted by atomic mass is 10.1. The molecular formula is C10H9BrN4O. The largest absolute Gasteiger partial charge is 0.399 e. The van der Waals surface area contributed by atoms with Gasteiger partial charge in [-0.1, -0.05) is 21.1 Å². The van der Waals surface area contributed by atoms with Crippen molar-refractivity contribution in [3.63, 3.8) is 0 Å². The summed E-state index contributed by atoms with van der Waals surface area (Å²) in [6, 6.07) is 5.07. The van der Waals surface area contributed by atoms with E-state index in [1.165, 1.54) is 10.9 Å². The summed E-state index contributed by atoms with van der Waals surface area (Å²) in [5.74, 6) is -0.152. The van der Waals surface area contributed by atoms with Crippen LogP contribution in [-0.2, 0) is 7.05 Å². The molecule has 0 radical (unpaired) electrons. The van der Waals surface area contributed by atoms with Crippen molar-refractivity contribution in [3.05, 3.63) is 40.1 Å². The second-order valence-corrected chi connectivity index (χ2v) is 4.26. The van der Waals surface area contributed by atoms with Gasteiger partial charge in [0.1, 0.15) is 5.69 Å². The van der Waals surface area contributed by atoms with Gasteiger partial charge in [0.15, 0.2) is 0 Å². The van der Waals surface area contributed by atoms with Crippen LogP contribution < -0.4 is 5.73 Å². The molecule has 2 aromatic rings. The number of ketones is 1. The third-order valence-corrected chi connectivity index (χ3v) is 2.59. The zero-order chi connectivity index (χ0) is 11.7. The first-order valence-electron chi connectivity index (χ1n) is 4.53. The summed E-state index contributed by atoms with van der Waals surface area (Å²) < 4.78 is 2.20. The van der Waals surface area contributed by atoms with E-state index in [9.17, 15) is 4.79 Å². The molecule has 0 fully saturated rings. The molecule has 0 spiro atoms. The van der Waals surface area contributed by atoms with Gasteiger partial charge in [0, 0.05) is 22.8 Å². The number of nitrogens with zero attached hydrogens (tertiary/aromatic N) is 3. The second-order valence-electron chi connectivity index (χ2n) is 3.35. The minimum Gasteiger partial charge on any atom is -0.399 e. The molecule has 0 bridgehead atoms. The molecule has 2 rings (SSSR count). The van der Waals surface area contributed by atoms with E-state index in [1.54, 1.807) is 25.2 Å². The topological polar surface area (TPSA) is 73.8 Å². The Balaban J connectivity index is 2.45. The van der Waals surface area contributed by atoms with E-state index in [4.69, 9.17) is 5.73 Å². The second kappa shape index (κ2) is 4.05. The highest BCUT2D eigenvalue weighted by Crippen LogP contribution is 2.19. The highest BCUT2D eigenvalue weighted by molar-refractivity contribution is 9.10. The zero-order valence-electron chi connectivity index (χ0n) is 8.51. The molecule has 1 aromatic heterocycles. The van der Waals surface area contributed by atoms with Crippen molar-refractivity contribution in [2.45, 2.75) is 0 Å². The molecule has 0 amide bonds. The third-order valence-electron chi connectivity index (χ3n) is 2.13. The minimum absolute atomic E-state index is 0.152. The number of nitrogens with two attached hydrogens (primary N) is 1. The Kier molecular flexibility index (Phi) is 2.74. The normalized spacial score (nSPS) is 10.4. The van der Waals surface area contributed by atoms with Gasteiger partial charge in [-0.3, -0.25) is 4.79 Å². The lowest BCUT2D eigenvalue weighted by Crippen LogP contribution is -2.08. The van der Waals surface area contributed by atoms with Gasteiger partial charge in [-0.25, -0.2) is 4.68 Å². The molecule has 16 heavy (non-hydrogen) atoms. The average Bonchev–Trinajstić information content (AvgIpc) is 2.62. The van der Waals surface area contributed by atoms with Gasteiger partial charge in [-0.15, -0.1) is 5.10 Å².